The molecule has 0 bridgehead atoms. The fourth-order valence-corrected chi connectivity index (χ4v) is 2.30. The molecule has 0 spiro atoms. The lowest BCUT2D eigenvalue weighted by Gasteiger charge is -2.09. The summed E-state index contributed by atoms with van der Waals surface area (Å²) in [7, 11) is 0. The molecule has 0 aliphatic rings. The Kier molecular flexibility index (Phi) is 5.17. The van der Waals surface area contributed by atoms with E-state index in [1.54, 1.807) is 5.38 Å². The zero-order chi connectivity index (χ0) is 17.0. The fourth-order valence-electron chi connectivity index (χ4n) is 1.72. The van der Waals surface area contributed by atoms with Crippen LogP contribution in [0.5, 0.6) is 0 Å². The van der Waals surface area contributed by atoms with Crippen molar-refractivity contribution in [3.63, 3.8) is 0 Å². The maximum absolute atomic E-state index is 13.7. The normalized spacial score (nSPS) is 10.8. The summed E-state index contributed by atoms with van der Waals surface area (Å²) in [6.45, 7) is 3.03. The number of amides is 2. The van der Waals surface area contributed by atoms with E-state index in [2.05, 4.69) is 15.6 Å². The number of nitrogens with one attached hydrogen (secondary N) is 2. The van der Waals surface area contributed by atoms with Crippen molar-refractivity contribution in [3.05, 3.63) is 45.9 Å². The third-order valence-electron chi connectivity index (χ3n) is 2.67. The zero-order valence-corrected chi connectivity index (χ0v) is 13.1. The third-order valence-corrected chi connectivity index (χ3v) is 3.46. The average molecular weight is 337 g/mol. The van der Waals surface area contributed by atoms with E-state index >= 15 is 0 Å². The standard InChI is InChI=1S/C15H13F2N3O2S/c1-8(21)18-13-6-14(12(17)5-11(13)16)20-15(22)4-3-10-7-23-9(2)19-10/h3-7H,1-2H3,(H,18,21)(H,20,22)/b4-3+. The van der Waals surface area contributed by atoms with E-state index in [0.29, 0.717) is 11.8 Å². The van der Waals surface area contributed by atoms with E-state index in [-0.39, 0.29) is 11.4 Å². The molecular formula is C15H13F2N3O2S. The van der Waals surface area contributed by atoms with Crippen LogP contribution in [-0.2, 0) is 9.59 Å². The van der Waals surface area contributed by atoms with Gasteiger partial charge in [-0.2, -0.15) is 0 Å². The van der Waals surface area contributed by atoms with Gasteiger partial charge in [0.1, 0.15) is 11.6 Å². The highest BCUT2D eigenvalue weighted by Crippen LogP contribution is 2.23. The van der Waals surface area contributed by atoms with Gasteiger partial charge in [-0.25, -0.2) is 13.8 Å². The Bertz CT molecular complexity index is 787. The Labute approximate surface area is 135 Å². The number of carbonyl (C=O) groups excluding carboxylic acids is 2. The maximum atomic E-state index is 13.7. The lowest BCUT2D eigenvalue weighted by molar-refractivity contribution is -0.114. The summed E-state index contributed by atoms with van der Waals surface area (Å²) in [6.07, 6.45) is 2.67. The van der Waals surface area contributed by atoms with Gasteiger partial charge in [0, 0.05) is 24.4 Å². The minimum Gasteiger partial charge on any atom is -0.324 e. The zero-order valence-electron chi connectivity index (χ0n) is 12.3. The smallest absolute Gasteiger partial charge is 0.248 e. The molecule has 0 aliphatic carbocycles. The lowest BCUT2D eigenvalue weighted by Crippen LogP contribution is -2.12. The van der Waals surface area contributed by atoms with Crippen molar-refractivity contribution in [2.75, 3.05) is 10.6 Å². The second-order valence-electron chi connectivity index (χ2n) is 4.61. The monoisotopic (exact) mass is 337 g/mol. The number of rotatable bonds is 4. The first-order valence-corrected chi connectivity index (χ1v) is 7.41. The molecule has 0 saturated carbocycles. The summed E-state index contributed by atoms with van der Waals surface area (Å²) in [6, 6.07) is 1.61. The number of hydrogen-bond acceptors (Lipinski definition) is 4. The Balaban J connectivity index is 2.13. The Morgan fingerprint density at radius 1 is 1.17 bits per heavy atom. The molecule has 0 saturated heterocycles. The molecule has 0 aliphatic heterocycles. The topological polar surface area (TPSA) is 71.1 Å². The van der Waals surface area contributed by atoms with Crippen molar-refractivity contribution < 1.29 is 18.4 Å². The minimum atomic E-state index is -0.942. The van der Waals surface area contributed by atoms with Crippen LogP contribution >= 0.6 is 11.3 Å². The summed E-state index contributed by atoms with van der Waals surface area (Å²) in [5, 5.41) is 7.13. The van der Waals surface area contributed by atoms with Gasteiger partial charge in [0.15, 0.2) is 0 Å². The molecule has 120 valence electrons. The van der Waals surface area contributed by atoms with Crippen LogP contribution in [0.4, 0.5) is 20.2 Å². The molecule has 23 heavy (non-hydrogen) atoms. The number of carbonyl (C=O) groups is 2. The van der Waals surface area contributed by atoms with Crippen molar-refractivity contribution in [2.24, 2.45) is 0 Å². The first kappa shape index (κ1) is 16.8. The molecule has 1 aromatic heterocycles. The van der Waals surface area contributed by atoms with Gasteiger partial charge in [-0.15, -0.1) is 11.3 Å². The van der Waals surface area contributed by atoms with Gasteiger partial charge in [0.05, 0.1) is 22.1 Å². The van der Waals surface area contributed by atoms with Crippen LogP contribution in [0.25, 0.3) is 6.08 Å². The van der Waals surface area contributed by atoms with Crippen LogP contribution < -0.4 is 10.6 Å². The Hall–Kier alpha value is -2.61. The van der Waals surface area contributed by atoms with E-state index in [0.717, 1.165) is 11.1 Å². The molecule has 0 atom stereocenters. The number of nitrogens with zero attached hydrogens (tertiary/aromatic N) is 1. The second-order valence-corrected chi connectivity index (χ2v) is 5.67. The van der Waals surface area contributed by atoms with E-state index in [1.165, 1.54) is 30.4 Å². The molecule has 0 unspecified atom stereocenters. The molecule has 2 rings (SSSR count). The van der Waals surface area contributed by atoms with Crippen molar-refractivity contribution >= 4 is 40.6 Å². The molecular weight excluding hydrogens is 324 g/mol. The largest absolute Gasteiger partial charge is 0.324 e. The predicted molar refractivity (Wildman–Crippen MR) is 85.2 cm³/mol. The molecule has 2 amide bonds. The van der Waals surface area contributed by atoms with Gasteiger partial charge in [-0.3, -0.25) is 9.59 Å². The number of hydrogen-bond donors (Lipinski definition) is 2. The SMILES string of the molecule is CC(=O)Nc1cc(NC(=O)/C=C/c2csc(C)n2)c(F)cc1F. The van der Waals surface area contributed by atoms with Crippen molar-refractivity contribution in [1.29, 1.82) is 0 Å². The predicted octanol–water partition coefficient (Wildman–Crippen LogP) is 3.34. The summed E-state index contributed by atoms with van der Waals surface area (Å²) >= 11 is 1.44. The summed E-state index contributed by atoms with van der Waals surface area (Å²) in [4.78, 5) is 26.9. The summed E-state index contributed by atoms with van der Waals surface area (Å²) < 4.78 is 27.2. The number of anilines is 2. The van der Waals surface area contributed by atoms with Crippen LogP contribution in [0.2, 0.25) is 0 Å². The molecule has 1 aromatic carbocycles. The van der Waals surface area contributed by atoms with Crippen LogP contribution in [0.3, 0.4) is 0 Å². The lowest BCUT2D eigenvalue weighted by atomic mass is 10.2. The highest BCUT2D eigenvalue weighted by atomic mass is 32.1. The number of aromatic nitrogens is 1. The Morgan fingerprint density at radius 2 is 1.83 bits per heavy atom. The molecule has 2 aromatic rings. The van der Waals surface area contributed by atoms with Crippen molar-refractivity contribution in [2.45, 2.75) is 13.8 Å². The molecule has 0 radical (unpaired) electrons. The van der Waals surface area contributed by atoms with Gasteiger partial charge < -0.3 is 10.6 Å². The highest BCUT2D eigenvalue weighted by Gasteiger charge is 2.12. The van der Waals surface area contributed by atoms with E-state index in [9.17, 15) is 18.4 Å². The average Bonchev–Trinajstić information content (AvgIpc) is 2.87. The first-order chi connectivity index (χ1) is 10.8. The highest BCUT2D eigenvalue weighted by molar-refractivity contribution is 7.09. The van der Waals surface area contributed by atoms with Crippen LogP contribution in [-0.4, -0.2) is 16.8 Å². The van der Waals surface area contributed by atoms with Gasteiger partial charge in [-0.05, 0) is 19.1 Å². The third kappa shape index (κ3) is 4.68. The van der Waals surface area contributed by atoms with E-state index < -0.39 is 23.4 Å². The molecule has 2 N–H and O–H groups in total. The van der Waals surface area contributed by atoms with Crippen molar-refractivity contribution in [3.8, 4) is 0 Å². The van der Waals surface area contributed by atoms with Gasteiger partial charge in [0.2, 0.25) is 11.8 Å². The van der Waals surface area contributed by atoms with Gasteiger partial charge in [0.25, 0.3) is 0 Å². The second kappa shape index (κ2) is 7.10. The fraction of sp³-hybridized carbons (Fsp3) is 0.133. The molecule has 5 nitrogen and oxygen atoms in total. The van der Waals surface area contributed by atoms with Gasteiger partial charge in [-0.1, -0.05) is 0 Å². The van der Waals surface area contributed by atoms with Crippen LogP contribution in [0.15, 0.2) is 23.6 Å². The van der Waals surface area contributed by atoms with Crippen LogP contribution in [0.1, 0.15) is 17.6 Å². The van der Waals surface area contributed by atoms with E-state index in [1.807, 2.05) is 6.92 Å². The number of thiazole rings is 1. The quantitative estimate of drug-likeness (QED) is 0.841. The first-order valence-electron chi connectivity index (χ1n) is 6.53. The number of aryl methyl sites for hydroxylation is 1. The summed E-state index contributed by atoms with van der Waals surface area (Å²) in [5.41, 5.74) is 0.161. The van der Waals surface area contributed by atoms with E-state index in [4.69, 9.17) is 0 Å². The molecule has 1 heterocycles. The number of halogens is 2. The summed E-state index contributed by atoms with van der Waals surface area (Å²) in [5.74, 6) is -2.98. The van der Waals surface area contributed by atoms with Crippen LogP contribution in [0, 0.1) is 18.6 Å². The van der Waals surface area contributed by atoms with Gasteiger partial charge >= 0.3 is 0 Å². The maximum Gasteiger partial charge on any atom is 0.248 e. The number of benzene rings is 1. The molecule has 8 heteroatoms. The Morgan fingerprint density at radius 3 is 2.39 bits per heavy atom. The molecule has 0 fully saturated rings. The minimum absolute atomic E-state index is 0.215. The van der Waals surface area contributed by atoms with Crippen molar-refractivity contribution in [1.82, 2.24) is 4.98 Å².